The van der Waals surface area contributed by atoms with Gasteiger partial charge in [0.15, 0.2) is 5.82 Å². The summed E-state index contributed by atoms with van der Waals surface area (Å²) >= 11 is 0. The highest BCUT2D eigenvalue weighted by molar-refractivity contribution is 5.96. The third kappa shape index (κ3) is 4.16. The van der Waals surface area contributed by atoms with Crippen LogP contribution in [0.2, 0.25) is 0 Å². The zero-order chi connectivity index (χ0) is 19.2. The normalized spacial score (nSPS) is 14.5. The monoisotopic (exact) mass is 377 g/mol. The first-order chi connectivity index (χ1) is 13.8. The van der Waals surface area contributed by atoms with E-state index in [-0.39, 0.29) is 5.91 Å². The van der Waals surface area contributed by atoms with E-state index in [0.717, 1.165) is 24.5 Å². The second-order valence-corrected chi connectivity index (χ2v) is 6.82. The molecule has 4 heterocycles. The van der Waals surface area contributed by atoms with Crippen molar-refractivity contribution in [1.29, 1.82) is 0 Å². The molecular formula is C20H23N7O. The number of aromatic nitrogens is 5. The standard InChI is InChI=1S/C20H23N7O/c28-20(17-6-5-9-22-19(17)27-15-21-14-25-27)24-13-16-7-8-18(23-12-16)26-10-3-1-2-4-11-26/h5-9,12,14-15H,1-4,10-11,13H2,(H,24,28). The Hall–Kier alpha value is -3.29. The molecule has 0 radical (unpaired) electrons. The molecule has 0 spiro atoms. The van der Waals surface area contributed by atoms with Crippen molar-refractivity contribution in [2.24, 2.45) is 0 Å². The third-order valence-corrected chi connectivity index (χ3v) is 4.86. The van der Waals surface area contributed by atoms with Gasteiger partial charge < -0.3 is 10.2 Å². The fourth-order valence-electron chi connectivity index (χ4n) is 3.36. The second-order valence-electron chi connectivity index (χ2n) is 6.82. The number of amides is 1. The van der Waals surface area contributed by atoms with Crippen LogP contribution in [-0.2, 0) is 6.54 Å². The molecule has 4 rings (SSSR count). The smallest absolute Gasteiger partial charge is 0.255 e. The molecule has 0 saturated carbocycles. The van der Waals surface area contributed by atoms with Gasteiger partial charge in [-0.15, -0.1) is 0 Å². The summed E-state index contributed by atoms with van der Waals surface area (Å²) in [6.07, 6.45) is 11.4. The van der Waals surface area contributed by atoms with Crippen LogP contribution >= 0.6 is 0 Å². The zero-order valence-electron chi connectivity index (χ0n) is 15.7. The predicted octanol–water partition coefficient (Wildman–Crippen LogP) is 2.37. The number of carbonyl (C=O) groups is 1. The summed E-state index contributed by atoms with van der Waals surface area (Å²) in [5.74, 6) is 1.25. The van der Waals surface area contributed by atoms with Gasteiger partial charge in [0, 0.05) is 32.0 Å². The van der Waals surface area contributed by atoms with E-state index in [1.165, 1.54) is 43.0 Å². The number of nitrogens with zero attached hydrogens (tertiary/aromatic N) is 6. The first-order valence-electron chi connectivity index (χ1n) is 9.59. The lowest BCUT2D eigenvalue weighted by Crippen LogP contribution is -2.26. The van der Waals surface area contributed by atoms with E-state index < -0.39 is 0 Å². The van der Waals surface area contributed by atoms with E-state index >= 15 is 0 Å². The molecule has 0 bridgehead atoms. The SMILES string of the molecule is O=C(NCc1ccc(N2CCCCCC2)nc1)c1cccnc1-n1cncn1. The number of hydrogen-bond donors (Lipinski definition) is 1. The quantitative estimate of drug-likeness (QED) is 0.734. The Morgan fingerprint density at radius 1 is 1.07 bits per heavy atom. The summed E-state index contributed by atoms with van der Waals surface area (Å²) in [6, 6.07) is 7.51. The Bertz CT molecular complexity index is 901. The molecule has 1 amide bonds. The van der Waals surface area contributed by atoms with Crippen LogP contribution in [0.15, 0.2) is 49.3 Å². The Balaban J connectivity index is 1.40. The number of hydrogen-bond acceptors (Lipinski definition) is 6. The van der Waals surface area contributed by atoms with E-state index in [0.29, 0.717) is 17.9 Å². The fourth-order valence-corrected chi connectivity index (χ4v) is 3.36. The lowest BCUT2D eigenvalue weighted by Gasteiger charge is -2.21. The number of anilines is 1. The van der Waals surface area contributed by atoms with Crippen LogP contribution < -0.4 is 10.2 Å². The highest BCUT2D eigenvalue weighted by Crippen LogP contribution is 2.17. The van der Waals surface area contributed by atoms with Crippen molar-refractivity contribution in [3.8, 4) is 5.82 Å². The second kappa shape index (κ2) is 8.60. The maximum atomic E-state index is 12.6. The van der Waals surface area contributed by atoms with E-state index in [2.05, 4.69) is 30.3 Å². The molecule has 1 aliphatic heterocycles. The fraction of sp³-hybridized carbons (Fsp3) is 0.350. The average molecular weight is 377 g/mol. The van der Waals surface area contributed by atoms with Crippen molar-refractivity contribution in [3.05, 3.63) is 60.4 Å². The van der Waals surface area contributed by atoms with Crippen molar-refractivity contribution < 1.29 is 4.79 Å². The Morgan fingerprint density at radius 2 is 1.93 bits per heavy atom. The number of nitrogens with one attached hydrogen (secondary N) is 1. The van der Waals surface area contributed by atoms with Crippen LogP contribution in [0.5, 0.6) is 0 Å². The molecule has 0 aromatic carbocycles. The predicted molar refractivity (Wildman–Crippen MR) is 105 cm³/mol. The molecule has 3 aromatic rings. The zero-order valence-corrected chi connectivity index (χ0v) is 15.7. The molecule has 0 atom stereocenters. The summed E-state index contributed by atoms with van der Waals surface area (Å²) in [6.45, 7) is 2.53. The largest absolute Gasteiger partial charge is 0.357 e. The Morgan fingerprint density at radius 3 is 2.64 bits per heavy atom. The van der Waals surface area contributed by atoms with Crippen molar-refractivity contribution in [3.63, 3.8) is 0 Å². The lowest BCUT2D eigenvalue weighted by atomic mass is 10.2. The van der Waals surface area contributed by atoms with Gasteiger partial charge in [-0.2, -0.15) is 5.10 Å². The molecule has 3 aromatic heterocycles. The molecule has 1 aliphatic rings. The average Bonchev–Trinajstić information content (AvgIpc) is 3.15. The lowest BCUT2D eigenvalue weighted by molar-refractivity contribution is 0.0950. The Kier molecular flexibility index (Phi) is 5.56. The van der Waals surface area contributed by atoms with Crippen molar-refractivity contribution in [2.75, 3.05) is 18.0 Å². The summed E-state index contributed by atoms with van der Waals surface area (Å²) < 4.78 is 1.48. The van der Waals surface area contributed by atoms with E-state index in [4.69, 9.17) is 0 Å². The molecule has 1 saturated heterocycles. The molecule has 8 nitrogen and oxygen atoms in total. The van der Waals surface area contributed by atoms with Gasteiger partial charge in [-0.25, -0.2) is 19.6 Å². The molecular weight excluding hydrogens is 354 g/mol. The van der Waals surface area contributed by atoms with Crippen molar-refractivity contribution in [1.82, 2.24) is 30.0 Å². The van der Waals surface area contributed by atoms with Crippen molar-refractivity contribution >= 4 is 11.7 Å². The van der Waals surface area contributed by atoms with Gasteiger partial charge in [-0.1, -0.05) is 18.9 Å². The van der Waals surface area contributed by atoms with E-state index in [9.17, 15) is 4.79 Å². The topological polar surface area (TPSA) is 88.8 Å². The van der Waals surface area contributed by atoms with Crippen LogP contribution in [0.3, 0.4) is 0 Å². The van der Waals surface area contributed by atoms with Crippen molar-refractivity contribution in [2.45, 2.75) is 32.2 Å². The molecule has 0 unspecified atom stereocenters. The van der Waals surface area contributed by atoms with Gasteiger partial charge in [0.1, 0.15) is 18.5 Å². The maximum Gasteiger partial charge on any atom is 0.255 e. The molecule has 144 valence electrons. The number of carbonyl (C=O) groups excluding carboxylic acids is 1. The van der Waals surface area contributed by atoms with Gasteiger partial charge in [-0.05, 0) is 36.6 Å². The van der Waals surface area contributed by atoms with Crippen LogP contribution in [0.25, 0.3) is 5.82 Å². The van der Waals surface area contributed by atoms with Gasteiger partial charge in [0.05, 0.1) is 5.56 Å². The Labute approximate surface area is 163 Å². The first kappa shape index (κ1) is 18.1. The molecule has 1 fully saturated rings. The van der Waals surface area contributed by atoms with Gasteiger partial charge >= 0.3 is 0 Å². The third-order valence-electron chi connectivity index (χ3n) is 4.86. The number of pyridine rings is 2. The maximum absolute atomic E-state index is 12.6. The van der Waals surface area contributed by atoms with Crippen LogP contribution in [0.1, 0.15) is 41.6 Å². The minimum Gasteiger partial charge on any atom is -0.357 e. The van der Waals surface area contributed by atoms with E-state index in [1.54, 1.807) is 18.3 Å². The van der Waals surface area contributed by atoms with Crippen LogP contribution in [-0.4, -0.2) is 43.7 Å². The molecule has 0 aliphatic carbocycles. The highest BCUT2D eigenvalue weighted by atomic mass is 16.1. The summed E-state index contributed by atoms with van der Waals surface area (Å²) in [5.41, 5.74) is 1.40. The highest BCUT2D eigenvalue weighted by Gasteiger charge is 2.15. The first-order valence-corrected chi connectivity index (χ1v) is 9.59. The minimum atomic E-state index is -0.213. The van der Waals surface area contributed by atoms with Crippen LogP contribution in [0, 0.1) is 0 Å². The van der Waals surface area contributed by atoms with Gasteiger partial charge in [-0.3, -0.25) is 4.79 Å². The summed E-state index contributed by atoms with van der Waals surface area (Å²) in [5, 5.41) is 6.99. The molecule has 8 heteroatoms. The summed E-state index contributed by atoms with van der Waals surface area (Å²) in [7, 11) is 0. The van der Waals surface area contributed by atoms with Gasteiger partial charge in [0.2, 0.25) is 0 Å². The van der Waals surface area contributed by atoms with Gasteiger partial charge in [0.25, 0.3) is 5.91 Å². The number of rotatable bonds is 5. The van der Waals surface area contributed by atoms with E-state index in [1.807, 2.05) is 18.3 Å². The molecule has 1 N–H and O–H groups in total. The minimum absolute atomic E-state index is 0.213. The van der Waals surface area contributed by atoms with Crippen LogP contribution in [0.4, 0.5) is 5.82 Å². The molecule has 28 heavy (non-hydrogen) atoms. The summed E-state index contributed by atoms with van der Waals surface area (Å²) in [4.78, 5) is 27.7.